The molecule has 0 unspecified atom stereocenters. The van der Waals surface area contributed by atoms with Crippen molar-refractivity contribution in [1.29, 1.82) is 0 Å². The number of hydrogen-bond acceptors (Lipinski definition) is 5. The lowest BCUT2D eigenvalue weighted by Crippen LogP contribution is -2.16. The molecule has 2 aromatic rings. The van der Waals surface area contributed by atoms with E-state index in [1.807, 2.05) is 18.2 Å². The number of ether oxygens (including phenoxy) is 1. The molecule has 0 bridgehead atoms. The van der Waals surface area contributed by atoms with Crippen LogP contribution in [0.3, 0.4) is 0 Å². The van der Waals surface area contributed by atoms with Gasteiger partial charge in [0.15, 0.2) is 0 Å². The van der Waals surface area contributed by atoms with Gasteiger partial charge in [-0.2, -0.15) is 0 Å². The second-order valence-electron chi connectivity index (χ2n) is 4.81. The van der Waals surface area contributed by atoms with Crippen molar-refractivity contribution in [3.05, 3.63) is 36.2 Å². The van der Waals surface area contributed by atoms with Crippen LogP contribution in [0.1, 0.15) is 12.0 Å². The molecule has 1 aliphatic heterocycles. The van der Waals surface area contributed by atoms with Crippen molar-refractivity contribution in [2.45, 2.75) is 19.5 Å². The summed E-state index contributed by atoms with van der Waals surface area (Å²) in [6, 6.07) is 5.70. The molecular formula is C14H18ClN5O2. The normalized spacial score (nSPS) is 13.3. The summed E-state index contributed by atoms with van der Waals surface area (Å²) in [7, 11) is 0. The van der Waals surface area contributed by atoms with Crippen molar-refractivity contribution in [1.82, 2.24) is 20.3 Å². The Hall–Kier alpha value is -2.12. The monoisotopic (exact) mass is 323 g/mol. The van der Waals surface area contributed by atoms with E-state index in [1.165, 1.54) is 0 Å². The van der Waals surface area contributed by atoms with Crippen LogP contribution in [0.5, 0.6) is 5.75 Å². The molecule has 0 atom stereocenters. The Morgan fingerprint density at radius 2 is 2.36 bits per heavy atom. The molecule has 7 nitrogen and oxygen atoms in total. The molecule has 118 valence electrons. The standard InChI is InChI=1S/C14H17N5O2.ClH/c20-14(3-6-19-7-4-16-18-19)17-12-1-2-13-11(9-12)10-15-5-8-21-13;/h1-2,4,7,9,15H,3,5-6,8,10H2,(H,17,20);1H. The van der Waals surface area contributed by atoms with Crippen molar-refractivity contribution in [3.8, 4) is 5.75 Å². The highest BCUT2D eigenvalue weighted by atomic mass is 35.5. The number of anilines is 1. The summed E-state index contributed by atoms with van der Waals surface area (Å²) in [5.74, 6) is 0.827. The van der Waals surface area contributed by atoms with Crippen LogP contribution in [0.25, 0.3) is 0 Å². The Balaban J connectivity index is 0.00000176. The third kappa shape index (κ3) is 4.19. The maximum Gasteiger partial charge on any atom is 0.226 e. The van der Waals surface area contributed by atoms with Gasteiger partial charge in [-0.15, -0.1) is 17.5 Å². The van der Waals surface area contributed by atoms with Gasteiger partial charge >= 0.3 is 0 Å². The van der Waals surface area contributed by atoms with Crippen LogP contribution in [0.2, 0.25) is 0 Å². The molecule has 0 spiro atoms. The fourth-order valence-electron chi connectivity index (χ4n) is 2.18. The average Bonchev–Trinajstić information content (AvgIpc) is 2.90. The minimum Gasteiger partial charge on any atom is -0.492 e. The van der Waals surface area contributed by atoms with Gasteiger partial charge in [0.25, 0.3) is 0 Å². The number of aryl methyl sites for hydroxylation is 1. The molecule has 1 aromatic heterocycles. The molecule has 1 aromatic carbocycles. The van der Waals surface area contributed by atoms with Gasteiger partial charge < -0.3 is 15.4 Å². The summed E-state index contributed by atoms with van der Waals surface area (Å²) < 4.78 is 7.24. The number of nitrogens with zero attached hydrogens (tertiary/aromatic N) is 3. The zero-order valence-corrected chi connectivity index (χ0v) is 12.8. The van der Waals surface area contributed by atoms with E-state index in [2.05, 4.69) is 20.9 Å². The van der Waals surface area contributed by atoms with Crippen LogP contribution in [-0.4, -0.2) is 34.1 Å². The predicted molar refractivity (Wildman–Crippen MR) is 84.2 cm³/mol. The maximum absolute atomic E-state index is 11.9. The molecule has 0 saturated carbocycles. The molecule has 1 amide bonds. The number of carbonyl (C=O) groups excluding carboxylic acids is 1. The SMILES string of the molecule is Cl.O=C(CCn1ccnn1)Nc1ccc2c(c1)CNCCO2. The van der Waals surface area contributed by atoms with Crippen molar-refractivity contribution in [2.24, 2.45) is 0 Å². The number of halogens is 1. The first kappa shape index (κ1) is 16.3. The highest BCUT2D eigenvalue weighted by Gasteiger charge is 2.10. The number of fused-ring (bicyclic) bond motifs is 1. The lowest BCUT2D eigenvalue weighted by molar-refractivity contribution is -0.116. The summed E-state index contributed by atoms with van der Waals surface area (Å²) >= 11 is 0. The lowest BCUT2D eigenvalue weighted by atomic mass is 10.1. The van der Waals surface area contributed by atoms with Crippen molar-refractivity contribution in [3.63, 3.8) is 0 Å². The summed E-state index contributed by atoms with van der Waals surface area (Å²) in [6.07, 6.45) is 3.69. The van der Waals surface area contributed by atoms with Crippen LogP contribution in [0.15, 0.2) is 30.6 Å². The Kier molecular flexibility index (Phi) is 5.74. The van der Waals surface area contributed by atoms with E-state index in [0.29, 0.717) is 19.6 Å². The first-order chi connectivity index (χ1) is 10.3. The molecule has 0 aliphatic carbocycles. The van der Waals surface area contributed by atoms with Gasteiger partial charge in [-0.1, -0.05) is 5.21 Å². The molecule has 2 heterocycles. The maximum atomic E-state index is 11.9. The molecule has 8 heteroatoms. The van der Waals surface area contributed by atoms with Gasteiger partial charge in [-0.25, -0.2) is 0 Å². The summed E-state index contributed by atoms with van der Waals surface area (Å²) in [5, 5.41) is 13.7. The summed E-state index contributed by atoms with van der Waals surface area (Å²) in [6.45, 7) is 2.75. The van der Waals surface area contributed by atoms with E-state index in [9.17, 15) is 4.79 Å². The molecule has 3 rings (SSSR count). The van der Waals surface area contributed by atoms with Crippen molar-refractivity contribution >= 4 is 24.0 Å². The largest absolute Gasteiger partial charge is 0.492 e. The minimum atomic E-state index is -0.0482. The van der Waals surface area contributed by atoms with Gasteiger partial charge in [-0.3, -0.25) is 9.48 Å². The van der Waals surface area contributed by atoms with Crippen molar-refractivity contribution in [2.75, 3.05) is 18.5 Å². The Bertz CT molecular complexity index is 618. The average molecular weight is 324 g/mol. The molecule has 0 saturated heterocycles. The number of nitrogens with one attached hydrogen (secondary N) is 2. The molecule has 0 radical (unpaired) electrons. The second-order valence-corrected chi connectivity index (χ2v) is 4.81. The van der Waals surface area contributed by atoms with E-state index in [0.717, 1.165) is 30.1 Å². The van der Waals surface area contributed by atoms with Crippen LogP contribution >= 0.6 is 12.4 Å². The number of aromatic nitrogens is 3. The second kappa shape index (κ2) is 7.77. The number of benzene rings is 1. The Morgan fingerprint density at radius 1 is 1.45 bits per heavy atom. The number of carbonyl (C=O) groups is 1. The third-order valence-electron chi connectivity index (χ3n) is 3.24. The fourth-order valence-corrected chi connectivity index (χ4v) is 2.18. The highest BCUT2D eigenvalue weighted by Crippen LogP contribution is 2.24. The number of hydrogen-bond donors (Lipinski definition) is 2. The van der Waals surface area contributed by atoms with Crippen LogP contribution in [0.4, 0.5) is 5.69 Å². The van der Waals surface area contributed by atoms with Gasteiger partial charge in [0.1, 0.15) is 12.4 Å². The summed E-state index contributed by atoms with van der Waals surface area (Å²) in [5.41, 5.74) is 1.84. The smallest absolute Gasteiger partial charge is 0.226 e. The third-order valence-corrected chi connectivity index (χ3v) is 3.24. The minimum absolute atomic E-state index is 0. The first-order valence-corrected chi connectivity index (χ1v) is 6.92. The fraction of sp³-hybridized carbons (Fsp3) is 0.357. The van der Waals surface area contributed by atoms with E-state index in [1.54, 1.807) is 17.1 Å². The predicted octanol–water partition coefficient (Wildman–Crippen LogP) is 1.21. The first-order valence-electron chi connectivity index (χ1n) is 6.92. The van der Waals surface area contributed by atoms with Gasteiger partial charge in [0.2, 0.25) is 5.91 Å². The molecule has 2 N–H and O–H groups in total. The van der Waals surface area contributed by atoms with Gasteiger partial charge in [0, 0.05) is 37.0 Å². The Morgan fingerprint density at radius 3 is 3.18 bits per heavy atom. The molecular weight excluding hydrogens is 306 g/mol. The van der Waals surface area contributed by atoms with Crippen molar-refractivity contribution < 1.29 is 9.53 Å². The molecule has 1 aliphatic rings. The zero-order chi connectivity index (χ0) is 14.5. The van der Waals surface area contributed by atoms with Crippen LogP contribution in [-0.2, 0) is 17.9 Å². The number of amides is 1. The Labute approximate surface area is 134 Å². The van der Waals surface area contributed by atoms with E-state index in [-0.39, 0.29) is 18.3 Å². The molecule has 0 fully saturated rings. The quantitative estimate of drug-likeness (QED) is 0.884. The van der Waals surface area contributed by atoms with Gasteiger partial charge in [-0.05, 0) is 18.2 Å². The molecule has 22 heavy (non-hydrogen) atoms. The van der Waals surface area contributed by atoms with E-state index < -0.39 is 0 Å². The van der Waals surface area contributed by atoms with E-state index in [4.69, 9.17) is 4.74 Å². The zero-order valence-electron chi connectivity index (χ0n) is 12.0. The van der Waals surface area contributed by atoms with Crippen LogP contribution in [0, 0.1) is 0 Å². The van der Waals surface area contributed by atoms with Gasteiger partial charge in [0.05, 0.1) is 12.7 Å². The topological polar surface area (TPSA) is 81.1 Å². The summed E-state index contributed by atoms with van der Waals surface area (Å²) in [4.78, 5) is 11.9. The lowest BCUT2D eigenvalue weighted by Gasteiger charge is -2.10. The highest BCUT2D eigenvalue weighted by molar-refractivity contribution is 5.90. The van der Waals surface area contributed by atoms with E-state index >= 15 is 0 Å². The number of rotatable bonds is 4. The van der Waals surface area contributed by atoms with Crippen LogP contribution < -0.4 is 15.4 Å².